The molecule has 1 N–H and O–H groups in total. The highest BCUT2D eigenvalue weighted by atomic mass is 15.3. The Morgan fingerprint density at radius 1 is 1.28 bits per heavy atom. The van der Waals surface area contributed by atoms with E-state index in [-0.39, 0.29) is 0 Å². The Hall–Kier alpha value is -1.61. The maximum absolute atomic E-state index is 4.48. The minimum absolute atomic E-state index is 0.363. The van der Waals surface area contributed by atoms with Crippen molar-refractivity contribution in [2.24, 2.45) is 7.05 Å². The average molecular weight is 243 g/mol. The van der Waals surface area contributed by atoms with Crippen molar-refractivity contribution in [1.82, 2.24) is 15.1 Å². The van der Waals surface area contributed by atoms with E-state index in [1.165, 1.54) is 22.4 Å². The number of aromatic nitrogens is 2. The van der Waals surface area contributed by atoms with Crippen molar-refractivity contribution in [3.8, 4) is 11.1 Å². The SMILES string of the molecule is CNC(C)c1cccc(-c2c(C)nn(C)c2C)c1. The first-order chi connectivity index (χ1) is 8.54. The predicted octanol–water partition coefficient (Wildman–Crippen LogP) is 2.98. The third-order valence-electron chi connectivity index (χ3n) is 3.62. The molecule has 0 fully saturated rings. The molecule has 1 heterocycles. The van der Waals surface area contributed by atoms with Crippen LogP contribution < -0.4 is 5.32 Å². The van der Waals surface area contributed by atoms with Crippen molar-refractivity contribution in [3.05, 3.63) is 41.2 Å². The summed E-state index contributed by atoms with van der Waals surface area (Å²) in [6.45, 7) is 6.35. The maximum Gasteiger partial charge on any atom is 0.0674 e. The molecular weight excluding hydrogens is 222 g/mol. The van der Waals surface area contributed by atoms with Gasteiger partial charge in [0.25, 0.3) is 0 Å². The van der Waals surface area contributed by atoms with Gasteiger partial charge in [0.2, 0.25) is 0 Å². The number of rotatable bonds is 3. The molecule has 0 aliphatic heterocycles. The zero-order valence-electron chi connectivity index (χ0n) is 11.8. The highest BCUT2D eigenvalue weighted by molar-refractivity contribution is 5.69. The van der Waals surface area contributed by atoms with Gasteiger partial charge in [-0.25, -0.2) is 0 Å². The summed E-state index contributed by atoms with van der Waals surface area (Å²) < 4.78 is 1.94. The van der Waals surface area contributed by atoms with Crippen LogP contribution in [0.1, 0.15) is 29.9 Å². The van der Waals surface area contributed by atoms with Gasteiger partial charge in [-0.1, -0.05) is 18.2 Å². The first-order valence-corrected chi connectivity index (χ1v) is 6.32. The van der Waals surface area contributed by atoms with Crippen LogP contribution in [0, 0.1) is 13.8 Å². The Labute approximate surface area is 109 Å². The fourth-order valence-electron chi connectivity index (χ4n) is 2.32. The van der Waals surface area contributed by atoms with Gasteiger partial charge in [-0.2, -0.15) is 5.10 Å². The van der Waals surface area contributed by atoms with Crippen LogP contribution in [0.25, 0.3) is 11.1 Å². The first kappa shape index (κ1) is 12.8. The fraction of sp³-hybridized carbons (Fsp3) is 0.400. The summed E-state index contributed by atoms with van der Waals surface area (Å²) in [5.74, 6) is 0. The lowest BCUT2D eigenvalue weighted by atomic mass is 9.99. The van der Waals surface area contributed by atoms with Gasteiger partial charge in [0.05, 0.1) is 5.69 Å². The first-order valence-electron chi connectivity index (χ1n) is 6.32. The van der Waals surface area contributed by atoms with Crippen molar-refractivity contribution in [2.45, 2.75) is 26.8 Å². The minimum atomic E-state index is 0.363. The number of nitrogens with zero attached hydrogens (tertiary/aromatic N) is 2. The third kappa shape index (κ3) is 2.18. The second kappa shape index (κ2) is 4.94. The quantitative estimate of drug-likeness (QED) is 0.898. The third-order valence-corrected chi connectivity index (χ3v) is 3.62. The Morgan fingerprint density at radius 3 is 2.56 bits per heavy atom. The lowest BCUT2D eigenvalue weighted by molar-refractivity contribution is 0.652. The summed E-state index contributed by atoms with van der Waals surface area (Å²) >= 11 is 0. The molecule has 1 atom stereocenters. The minimum Gasteiger partial charge on any atom is -0.313 e. The van der Waals surface area contributed by atoms with E-state index >= 15 is 0 Å². The highest BCUT2D eigenvalue weighted by Crippen LogP contribution is 2.28. The molecule has 18 heavy (non-hydrogen) atoms. The molecule has 0 aliphatic carbocycles. The second-order valence-electron chi connectivity index (χ2n) is 4.81. The molecule has 0 saturated carbocycles. The molecule has 0 saturated heterocycles. The molecule has 0 radical (unpaired) electrons. The van der Waals surface area contributed by atoms with Crippen LogP contribution in [-0.2, 0) is 7.05 Å². The van der Waals surface area contributed by atoms with E-state index in [4.69, 9.17) is 0 Å². The summed E-state index contributed by atoms with van der Waals surface area (Å²) in [7, 11) is 3.98. The largest absolute Gasteiger partial charge is 0.313 e. The van der Waals surface area contributed by atoms with E-state index < -0.39 is 0 Å². The number of hydrogen-bond donors (Lipinski definition) is 1. The number of nitrogens with one attached hydrogen (secondary N) is 1. The van der Waals surface area contributed by atoms with Crippen molar-refractivity contribution in [3.63, 3.8) is 0 Å². The van der Waals surface area contributed by atoms with Gasteiger partial charge in [0.15, 0.2) is 0 Å². The molecule has 1 aromatic heterocycles. The molecule has 0 bridgehead atoms. The van der Waals surface area contributed by atoms with E-state index in [9.17, 15) is 0 Å². The maximum atomic E-state index is 4.48. The van der Waals surface area contributed by atoms with Crippen molar-refractivity contribution < 1.29 is 0 Å². The summed E-state index contributed by atoms with van der Waals surface area (Å²) in [4.78, 5) is 0. The molecule has 96 valence electrons. The van der Waals surface area contributed by atoms with Gasteiger partial charge >= 0.3 is 0 Å². The van der Waals surface area contributed by atoms with Crippen molar-refractivity contribution in [1.29, 1.82) is 0 Å². The predicted molar refractivity (Wildman–Crippen MR) is 75.6 cm³/mol. The standard InChI is InChI=1S/C15H21N3/c1-10(16-4)13-7-6-8-14(9-13)15-11(2)17-18(5)12(15)3/h6-10,16H,1-5H3. The van der Waals surface area contributed by atoms with E-state index in [0.29, 0.717) is 6.04 Å². The van der Waals surface area contributed by atoms with Gasteiger partial charge in [-0.15, -0.1) is 0 Å². The fourth-order valence-corrected chi connectivity index (χ4v) is 2.32. The number of hydrogen-bond acceptors (Lipinski definition) is 2. The van der Waals surface area contributed by atoms with Crippen molar-refractivity contribution >= 4 is 0 Å². The van der Waals surface area contributed by atoms with E-state index in [1.807, 2.05) is 18.8 Å². The molecule has 0 aliphatic rings. The topological polar surface area (TPSA) is 29.9 Å². The van der Waals surface area contributed by atoms with Crippen LogP contribution in [0.15, 0.2) is 24.3 Å². The van der Waals surface area contributed by atoms with Gasteiger partial charge in [0.1, 0.15) is 0 Å². The summed E-state index contributed by atoms with van der Waals surface area (Å²) in [5, 5.41) is 7.76. The normalized spacial score (nSPS) is 12.7. The van der Waals surface area contributed by atoms with Crippen LogP contribution in [0.4, 0.5) is 0 Å². The van der Waals surface area contributed by atoms with Gasteiger partial charge in [-0.3, -0.25) is 4.68 Å². The molecule has 1 aromatic carbocycles. The molecule has 3 heteroatoms. The van der Waals surface area contributed by atoms with Crippen LogP contribution in [0.2, 0.25) is 0 Å². The molecule has 1 unspecified atom stereocenters. The van der Waals surface area contributed by atoms with E-state index in [0.717, 1.165) is 5.69 Å². The summed E-state index contributed by atoms with van der Waals surface area (Å²) in [6.07, 6.45) is 0. The van der Waals surface area contributed by atoms with Crippen LogP contribution in [-0.4, -0.2) is 16.8 Å². The van der Waals surface area contributed by atoms with Gasteiger partial charge < -0.3 is 5.32 Å². The van der Waals surface area contributed by atoms with Crippen molar-refractivity contribution in [2.75, 3.05) is 7.05 Å². The Bertz CT molecular complexity index is 555. The molecular formula is C15H21N3. The van der Waals surface area contributed by atoms with Gasteiger partial charge in [0, 0.05) is 24.3 Å². The Kier molecular flexibility index (Phi) is 3.53. The zero-order valence-corrected chi connectivity index (χ0v) is 11.8. The molecule has 3 nitrogen and oxygen atoms in total. The second-order valence-corrected chi connectivity index (χ2v) is 4.81. The van der Waals surface area contributed by atoms with Crippen LogP contribution in [0.3, 0.4) is 0 Å². The van der Waals surface area contributed by atoms with Crippen LogP contribution >= 0.6 is 0 Å². The summed E-state index contributed by atoms with van der Waals surface area (Å²) in [5.41, 5.74) is 6.10. The zero-order chi connectivity index (χ0) is 13.3. The number of aryl methyl sites for hydroxylation is 2. The monoisotopic (exact) mass is 243 g/mol. The molecule has 2 aromatic rings. The Balaban J connectivity index is 2.51. The summed E-state index contributed by atoms with van der Waals surface area (Å²) in [6, 6.07) is 9.04. The van der Waals surface area contributed by atoms with Crippen LogP contribution in [0.5, 0.6) is 0 Å². The lowest BCUT2D eigenvalue weighted by Crippen LogP contribution is -2.12. The smallest absolute Gasteiger partial charge is 0.0674 e. The van der Waals surface area contributed by atoms with E-state index in [1.54, 1.807) is 0 Å². The Morgan fingerprint density at radius 2 is 2.00 bits per heavy atom. The average Bonchev–Trinajstić information content (AvgIpc) is 2.62. The molecule has 2 rings (SSSR count). The molecule has 0 spiro atoms. The van der Waals surface area contributed by atoms with Gasteiger partial charge in [-0.05, 0) is 45.0 Å². The highest BCUT2D eigenvalue weighted by Gasteiger charge is 2.12. The van der Waals surface area contributed by atoms with E-state index in [2.05, 4.69) is 55.5 Å². The number of benzene rings is 1. The lowest BCUT2D eigenvalue weighted by Gasteiger charge is -2.12. The molecule has 0 amide bonds.